The number of aliphatic hydroxyl groups is 5. The Hall–Kier alpha value is -4.32. The molecule has 2 bridgehead atoms. The van der Waals surface area contributed by atoms with Crippen molar-refractivity contribution in [3.8, 4) is 5.75 Å². The van der Waals surface area contributed by atoms with Crippen molar-refractivity contribution < 1.29 is 44.6 Å². The molecule has 1 aromatic heterocycles. The normalized spacial score (nSPS) is 36.3. The van der Waals surface area contributed by atoms with Crippen LogP contribution in [0.1, 0.15) is 68.3 Å². The molecule has 1 saturated carbocycles. The van der Waals surface area contributed by atoms with Crippen LogP contribution in [0, 0.1) is 11.3 Å². The number of benzene rings is 2. The minimum Gasteiger partial charge on any atom is -0.496 e. The van der Waals surface area contributed by atoms with E-state index in [-0.39, 0.29) is 18.5 Å². The molecule has 1 amide bonds. The Labute approximate surface area is 374 Å². The molecule has 346 valence electrons. The molecule has 6 heterocycles. The molecule has 15 nitrogen and oxygen atoms in total. The van der Waals surface area contributed by atoms with Crippen molar-refractivity contribution >= 4 is 28.5 Å². The molecule has 64 heavy (non-hydrogen) atoms. The molecular formula is C49H66N6O9. The number of amides is 1. The smallest absolute Gasteiger partial charge is 0.322 e. The lowest BCUT2D eigenvalue weighted by molar-refractivity contribution is -0.203. The third-order valence-electron chi connectivity index (χ3n) is 16.6. The molecule has 3 fully saturated rings. The second kappa shape index (κ2) is 16.2. The number of aliphatic hydroxyl groups excluding tert-OH is 3. The molecule has 1 aliphatic carbocycles. The number of fused-ring (bicyclic) bond motifs is 6. The summed E-state index contributed by atoms with van der Waals surface area (Å²) < 4.78 is 12.3. The first-order valence-corrected chi connectivity index (χ1v) is 23.0. The molecule has 2 aromatic carbocycles. The van der Waals surface area contributed by atoms with Gasteiger partial charge in [-0.25, -0.2) is 0 Å². The minimum absolute atomic E-state index is 0.0812. The third kappa shape index (κ3) is 6.21. The van der Waals surface area contributed by atoms with Crippen molar-refractivity contribution in [1.29, 1.82) is 0 Å². The van der Waals surface area contributed by atoms with Gasteiger partial charge in [-0.2, -0.15) is 0 Å². The largest absolute Gasteiger partial charge is 0.496 e. The topological polar surface area (TPSA) is 217 Å². The predicted molar refractivity (Wildman–Crippen MR) is 242 cm³/mol. The summed E-state index contributed by atoms with van der Waals surface area (Å²) in [6.07, 6.45) is 7.23. The number of para-hydroxylation sites is 1. The summed E-state index contributed by atoms with van der Waals surface area (Å²) in [6, 6.07) is 9.92. The SMILES string of the molecule is CC[C@]1(O)CC2CN(CCc3c([nH]c4ccccc34)[C@@](C(=O)OC)(c3cc4c(cc3OC)N(C)[C@H]3C(O)(C(=O)NCC=C[C@@H](O)[C@@H](N)CO)[C@H](O)[C@]5(CC)C=CCN6CCC43[C@@H]65)C2)C1. The summed E-state index contributed by atoms with van der Waals surface area (Å²) in [5.41, 5.74) is 3.85. The Kier molecular flexibility index (Phi) is 11.4. The van der Waals surface area contributed by atoms with Crippen molar-refractivity contribution in [1.82, 2.24) is 20.1 Å². The highest BCUT2D eigenvalue weighted by molar-refractivity contribution is 5.95. The van der Waals surface area contributed by atoms with E-state index in [2.05, 4.69) is 32.2 Å². The van der Waals surface area contributed by atoms with Crippen LogP contribution in [0.15, 0.2) is 60.7 Å². The van der Waals surface area contributed by atoms with Crippen LogP contribution in [0.25, 0.3) is 10.9 Å². The first kappa shape index (κ1) is 44.9. The van der Waals surface area contributed by atoms with E-state index < -0.39 is 70.2 Å². The van der Waals surface area contributed by atoms with Crippen LogP contribution in [-0.2, 0) is 31.6 Å². The number of H-pyrrole nitrogens is 1. The van der Waals surface area contributed by atoms with E-state index in [0.717, 1.165) is 33.4 Å². The van der Waals surface area contributed by atoms with Crippen LogP contribution in [0.4, 0.5) is 5.69 Å². The molecule has 4 unspecified atom stereocenters. The molecule has 1 spiro atoms. The van der Waals surface area contributed by atoms with Crippen molar-refractivity contribution in [3.63, 3.8) is 0 Å². The summed E-state index contributed by atoms with van der Waals surface area (Å²) >= 11 is 0. The monoisotopic (exact) mass is 882 g/mol. The molecule has 2 saturated heterocycles. The van der Waals surface area contributed by atoms with Gasteiger partial charge in [0.15, 0.2) is 5.60 Å². The molecule has 9 rings (SSSR count). The van der Waals surface area contributed by atoms with Gasteiger partial charge >= 0.3 is 5.97 Å². The number of piperidine rings is 1. The van der Waals surface area contributed by atoms with Gasteiger partial charge < -0.3 is 55.9 Å². The number of nitrogens with zero attached hydrogens (tertiary/aromatic N) is 3. The van der Waals surface area contributed by atoms with Gasteiger partial charge in [0.2, 0.25) is 0 Å². The summed E-state index contributed by atoms with van der Waals surface area (Å²) in [5.74, 6) is -0.900. The van der Waals surface area contributed by atoms with E-state index in [1.807, 2.05) is 62.2 Å². The molecule has 9 N–H and O–H groups in total. The van der Waals surface area contributed by atoms with Crippen LogP contribution in [0.3, 0.4) is 0 Å². The van der Waals surface area contributed by atoms with E-state index in [1.54, 1.807) is 7.11 Å². The highest BCUT2D eigenvalue weighted by atomic mass is 16.5. The van der Waals surface area contributed by atoms with Crippen molar-refractivity contribution in [2.75, 3.05) is 72.0 Å². The number of hydrogen-bond acceptors (Lipinski definition) is 13. The van der Waals surface area contributed by atoms with Crippen LogP contribution in [-0.4, -0.2) is 161 Å². The van der Waals surface area contributed by atoms with Gasteiger partial charge in [-0.05, 0) is 74.2 Å². The van der Waals surface area contributed by atoms with E-state index in [0.29, 0.717) is 82.6 Å². The Bertz CT molecular complexity index is 2370. The van der Waals surface area contributed by atoms with Gasteiger partial charge in [0.05, 0.1) is 44.6 Å². The van der Waals surface area contributed by atoms with Crippen LogP contribution < -0.4 is 20.7 Å². The number of methoxy groups -OCH3 is 2. The minimum atomic E-state index is -2.36. The van der Waals surface area contributed by atoms with Crippen molar-refractivity contribution in [3.05, 3.63) is 83.1 Å². The van der Waals surface area contributed by atoms with E-state index in [4.69, 9.17) is 15.2 Å². The zero-order valence-electron chi connectivity index (χ0n) is 37.7. The molecule has 0 radical (unpaired) electrons. The summed E-state index contributed by atoms with van der Waals surface area (Å²) in [6.45, 7) is 6.70. The van der Waals surface area contributed by atoms with Gasteiger partial charge in [0, 0.05) is 90.6 Å². The van der Waals surface area contributed by atoms with E-state index in [1.165, 1.54) is 19.3 Å². The maximum Gasteiger partial charge on any atom is 0.322 e. The van der Waals surface area contributed by atoms with Crippen molar-refractivity contribution in [2.45, 2.75) is 105 Å². The second-order valence-electron chi connectivity index (χ2n) is 19.6. The van der Waals surface area contributed by atoms with Crippen LogP contribution in [0.5, 0.6) is 5.75 Å². The molecule has 5 aliphatic heterocycles. The summed E-state index contributed by atoms with van der Waals surface area (Å²) in [7, 11) is 4.86. The molecule has 15 heteroatoms. The average Bonchev–Trinajstić information content (AvgIpc) is 3.97. The Morgan fingerprint density at radius 2 is 1.86 bits per heavy atom. The van der Waals surface area contributed by atoms with E-state index >= 15 is 4.79 Å². The number of esters is 1. The summed E-state index contributed by atoms with van der Waals surface area (Å²) in [5, 5.41) is 61.8. The maximum atomic E-state index is 15.4. The van der Waals surface area contributed by atoms with Gasteiger partial charge in [-0.15, -0.1) is 0 Å². The highest BCUT2D eigenvalue weighted by Crippen LogP contribution is 2.67. The van der Waals surface area contributed by atoms with Crippen LogP contribution in [0.2, 0.25) is 0 Å². The first-order chi connectivity index (χ1) is 30.6. The van der Waals surface area contributed by atoms with Gasteiger partial charge in [-0.1, -0.05) is 56.4 Å². The van der Waals surface area contributed by atoms with Gasteiger partial charge in [-0.3, -0.25) is 19.4 Å². The average molecular weight is 883 g/mol. The lowest BCUT2D eigenvalue weighted by Crippen LogP contribution is -2.81. The number of anilines is 1. The number of ether oxygens (including phenoxy) is 2. The highest BCUT2D eigenvalue weighted by Gasteiger charge is 2.78. The number of carbonyl (C=O) groups excluding carboxylic acids is 2. The number of hydrogen-bond donors (Lipinski definition) is 8. The third-order valence-corrected chi connectivity index (χ3v) is 16.6. The number of aromatic amines is 1. The zero-order valence-corrected chi connectivity index (χ0v) is 37.7. The van der Waals surface area contributed by atoms with Crippen LogP contribution >= 0.6 is 0 Å². The standard InChI is InChI=1S/C49H66N6O9/c1-6-45(61)24-29-25-48(44(60)64-5,39-31(15-20-54(26-29)28-45)30-12-8-9-13-35(30)52-39)33-22-32-36(23-38(33)63-4)53(3)41-47(32)17-21-55-19-11-16-46(7-2,40(47)55)42(58)49(41,62)43(59)51-18-10-14-37(57)34(50)27-56/h8-14,16,22-23,29,34,37,40-42,52,56-58,61-62H,6-7,15,17-21,24-28,50H2,1-5H3,(H,51,59)/t29?,34-,37+,40-,41+,42+,45-,46+,47?,48-,49?/m0/s1. The number of nitrogens with two attached hydrogens (primary N) is 1. The fraction of sp³-hybridized carbons (Fsp3) is 0.592. The molecule has 12 atom stereocenters. The summed E-state index contributed by atoms with van der Waals surface area (Å²) in [4.78, 5) is 40.6. The number of rotatable bonds is 11. The predicted octanol–water partition coefficient (Wildman–Crippen LogP) is 1.60. The lowest BCUT2D eigenvalue weighted by atomic mass is 9.47. The van der Waals surface area contributed by atoms with Crippen molar-refractivity contribution in [2.24, 2.45) is 17.1 Å². The van der Waals surface area contributed by atoms with E-state index in [9.17, 15) is 30.3 Å². The van der Waals surface area contributed by atoms with Gasteiger partial charge in [0.1, 0.15) is 17.3 Å². The Morgan fingerprint density at radius 1 is 1.08 bits per heavy atom. The maximum absolute atomic E-state index is 15.4. The number of carbonyl (C=O) groups is 2. The number of nitrogens with one attached hydrogen (secondary N) is 2. The Morgan fingerprint density at radius 3 is 2.58 bits per heavy atom. The lowest BCUT2D eigenvalue weighted by Gasteiger charge is -2.63. The number of likely N-dealkylation sites (N-methyl/N-ethyl adjacent to an activating group) is 1. The quantitative estimate of drug-likeness (QED) is 0.102. The Balaban J connectivity index is 1.27. The molecular weight excluding hydrogens is 817 g/mol. The number of aromatic nitrogens is 1. The molecule has 3 aromatic rings. The fourth-order valence-corrected chi connectivity index (χ4v) is 13.8. The molecule has 6 aliphatic rings. The first-order valence-electron chi connectivity index (χ1n) is 23.0. The fourth-order valence-electron chi connectivity index (χ4n) is 13.8. The van der Waals surface area contributed by atoms with Gasteiger partial charge in [0.25, 0.3) is 5.91 Å². The zero-order chi connectivity index (χ0) is 45.6. The second-order valence-corrected chi connectivity index (χ2v) is 19.6.